The normalized spacial score (nSPS) is 26.8. The molecular weight excluding hydrogens is 162 g/mol. The summed E-state index contributed by atoms with van der Waals surface area (Å²) in [5.74, 6) is 0. The van der Waals surface area contributed by atoms with Crippen molar-refractivity contribution in [3.8, 4) is 0 Å². The van der Waals surface area contributed by atoms with Gasteiger partial charge in [-0.1, -0.05) is 30.3 Å². The van der Waals surface area contributed by atoms with Gasteiger partial charge in [-0.15, -0.1) is 0 Å². The lowest BCUT2D eigenvalue weighted by molar-refractivity contribution is 0.0163. The molecule has 2 nitrogen and oxygen atoms in total. The third-order valence-electron chi connectivity index (χ3n) is 2.63. The minimum atomic E-state index is 0.403. The molecule has 0 saturated carbocycles. The van der Waals surface area contributed by atoms with E-state index in [1.165, 1.54) is 5.56 Å². The smallest absolute Gasteiger partial charge is 0.0851 e. The zero-order valence-corrected chi connectivity index (χ0v) is 7.86. The van der Waals surface area contributed by atoms with Crippen LogP contribution in [0.1, 0.15) is 5.56 Å². The molecule has 2 atom stereocenters. The van der Waals surface area contributed by atoms with Gasteiger partial charge >= 0.3 is 0 Å². The van der Waals surface area contributed by atoms with Gasteiger partial charge in [-0.3, -0.25) is 0 Å². The Kier molecular flexibility index (Phi) is 2.62. The van der Waals surface area contributed by atoms with Crippen molar-refractivity contribution in [2.24, 2.45) is 0 Å². The van der Waals surface area contributed by atoms with Crippen molar-refractivity contribution in [1.82, 2.24) is 5.32 Å². The number of methoxy groups -OCH3 is 1. The van der Waals surface area contributed by atoms with Crippen LogP contribution in [0.25, 0.3) is 0 Å². The van der Waals surface area contributed by atoms with E-state index >= 15 is 0 Å². The molecule has 2 heteroatoms. The topological polar surface area (TPSA) is 21.3 Å². The second-order valence-electron chi connectivity index (χ2n) is 3.48. The van der Waals surface area contributed by atoms with Gasteiger partial charge < -0.3 is 10.1 Å². The summed E-state index contributed by atoms with van der Waals surface area (Å²) in [6.45, 7) is 0.994. The first kappa shape index (κ1) is 8.73. The van der Waals surface area contributed by atoms with Crippen molar-refractivity contribution in [1.29, 1.82) is 0 Å². The highest BCUT2D eigenvalue weighted by Gasteiger charge is 2.29. The number of rotatable bonds is 3. The van der Waals surface area contributed by atoms with E-state index in [0.29, 0.717) is 12.1 Å². The molecule has 0 aromatic heterocycles. The standard InChI is InChI=1S/C11H15NO/c1-13-11-8-12-10(11)7-9-5-3-2-4-6-9/h2-6,10-12H,7-8H2,1H3/t10-,11?/m1/s1. The highest BCUT2D eigenvalue weighted by molar-refractivity contribution is 5.17. The lowest BCUT2D eigenvalue weighted by Crippen LogP contribution is -2.59. The van der Waals surface area contributed by atoms with Gasteiger partial charge in [-0.2, -0.15) is 0 Å². The fourth-order valence-electron chi connectivity index (χ4n) is 1.70. The molecule has 1 unspecified atom stereocenters. The maximum atomic E-state index is 5.31. The number of ether oxygens (including phenoxy) is 1. The fraction of sp³-hybridized carbons (Fsp3) is 0.455. The molecule has 1 fully saturated rings. The number of benzene rings is 1. The van der Waals surface area contributed by atoms with Gasteiger partial charge in [-0.05, 0) is 12.0 Å². The first-order valence-corrected chi connectivity index (χ1v) is 4.70. The molecule has 0 spiro atoms. The Morgan fingerprint density at radius 3 is 2.69 bits per heavy atom. The van der Waals surface area contributed by atoms with E-state index in [-0.39, 0.29) is 0 Å². The summed E-state index contributed by atoms with van der Waals surface area (Å²) in [6.07, 6.45) is 1.47. The molecule has 70 valence electrons. The summed E-state index contributed by atoms with van der Waals surface area (Å²) in [5, 5.41) is 3.37. The van der Waals surface area contributed by atoms with Gasteiger partial charge in [-0.25, -0.2) is 0 Å². The van der Waals surface area contributed by atoms with Gasteiger partial charge in [0.1, 0.15) is 0 Å². The molecule has 1 aromatic rings. The molecule has 0 aliphatic carbocycles. The minimum absolute atomic E-state index is 0.403. The Hall–Kier alpha value is -0.860. The third kappa shape index (κ3) is 1.90. The minimum Gasteiger partial charge on any atom is -0.378 e. The van der Waals surface area contributed by atoms with Crippen molar-refractivity contribution in [2.75, 3.05) is 13.7 Å². The van der Waals surface area contributed by atoms with E-state index < -0.39 is 0 Å². The zero-order chi connectivity index (χ0) is 9.10. The SMILES string of the molecule is COC1CN[C@@H]1Cc1ccccc1. The highest BCUT2D eigenvalue weighted by atomic mass is 16.5. The molecule has 1 aliphatic rings. The van der Waals surface area contributed by atoms with Crippen LogP contribution in [0.15, 0.2) is 30.3 Å². The van der Waals surface area contributed by atoms with Gasteiger partial charge in [0.15, 0.2) is 0 Å². The first-order chi connectivity index (χ1) is 6.40. The van der Waals surface area contributed by atoms with Crippen LogP contribution >= 0.6 is 0 Å². The fourth-order valence-corrected chi connectivity index (χ4v) is 1.70. The van der Waals surface area contributed by atoms with Gasteiger partial charge in [0.2, 0.25) is 0 Å². The molecule has 0 radical (unpaired) electrons. The Balaban J connectivity index is 1.92. The molecule has 1 heterocycles. The van der Waals surface area contributed by atoms with E-state index in [4.69, 9.17) is 4.74 Å². The summed E-state index contributed by atoms with van der Waals surface area (Å²) in [4.78, 5) is 0. The van der Waals surface area contributed by atoms with Gasteiger partial charge in [0.25, 0.3) is 0 Å². The molecule has 0 bridgehead atoms. The highest BCUT2D eigenvalue weighted by Crippen LogP contribution is 2.13. The maximum Gasteiger partial charge on any atom is 0.0851 e. The molecule has 1 aromatic carbocycles. The van der Waals surface area contributed by atoms with Gasteiger partial charge in [0, 0.05) is 19.7 Å². The lowest BCUT2D eigenvalue weighted by atomic mass is 9.95. The predicted octanol–water partition coefficient (Wildman–Crippen LogP) is 1.22. The third-order valence-corrected chi connectivity index (χ3v) is 2.63. The Labute approximate surface area is 78.9 Å². The molecule has 1 aliphatic heterocycles. The molecule has 2 rings (SSSR count). The average molecular weight is 177 g/mol. The average Bonchev–Trinajstić information content (AvgIpc) is 2.15. The van der Waals surface area contributed by atoms with E-state index in [9.17, 15) is 0 Å². The maximum absolute atomic E-state index is 5.31. The summed E-state index contributed by atoms with van der Waals surface area (Å²) in [7, 11) is 1.78. The monoisotopic (exact) mass is 177 g/mol. The van der Waals surface area contributed by atoms with Crippen LogP contribution in [0, 0.1) is 0 Å². The number of hydrogen-bond donors (Lipinski definition) is 1. The quantitative estimate of drug-likeness (QED) is 0.749. The molecule has 1 N–H and O–H groups in total. The number of nitrogens with one attached hydrogen (secondary N) is 1. The van der Waals surface area contributed by atoms with E-state index in [0.717, 1.165) is 13.0 Å². The summed E-state index contributed by atoms with van der Waals surface area (Å²) in [6, 6.07) is 11.0. The van der Waals surface area contributed by atoms with Crippen LogP contribution in [-0.2, 0) is 11.2 Å². The van der Waals surface area contributed by atoms with Crippen LogP contribution in [0.3, 0.4) is 0 Å². The van der Waals surface area contributed by atoms with Crippen LogP contribution in [0.4, 0.5) is 0 Å². The predicted molar refractivity (Wildman–Crippen MR) is 52.7 cm³/mol. The van der Waals surface area contributed by atoms with E-state index in [2.05, 4.69) is 29.6 Å². The van der Waals surface area contributed by atoms with Crippen LogP contribution in [0.2, 0.25) is 0 Å². The Bertz CT molecular complexity index is 258. The van der Waals surface area contributed by atoms with Crippen molar-refractivity contribution < 1.29 is 4.74 Å². The van der Waals surface area contributed by atoms with Crippen LogP contribution in [-0.4, -0.2) is 25.8 Å². The second-order valence-corrected chi connectivity index (χ2v) is 3.48. The lowest BCUT2D eigenvalue weighted by Gasteiger charge is -2.37. The van der Waals surface area contributed by atoms with Gasteiger partial charge in [0.05, 0.1) is 6.10 Å². The zero-order valence-electron chi connectivity index (χ0n) is 7.86. The van der Waals surface area contributed by atoms with Crippen LogP contribution in [0.5, 0.6) is 0 Å². The van der Waals surface area contributed by atoms with Crippen molar-refractivity contribution in [3.63, 3.8) is 0 Å². The Morgan fingerprint density at radius 2 is 2.15 bits per heavy atom. The van der Waals surface area contributed by atoms with Crippen molar-refractivity contribution in [3.05, 3.63) is 35.9 Å². The first-order valence-electron chi connectivity index (χ1n) is 4.70. The summed E-state index contributed by atoms with van der Waals surface area (Å²) in [5.41, 5.74) is 1.38. The van der Waals surface area contributed by atoms with Crippen molar-refractivity contribution in [2.45, 2.75) is 18.6 Å². The van der Waals surface area contributed by atoms with Crippen molar-refractivity contribution >= 4 is 0 Å². The molecule has 0 amide bonds. The molecule has 13 heavy (non-hydrogen) atoms. The second kappa shape index (κ2) is 3.90. The Morgan fingerprint density at radius 1 is 1.38 bits per heavy atom. The largest absolute Gasteiger partial charge is 0.378 e. The van der Waals surface area contributed by atoms with E-state index in [1.54, 1.807) is 7.11 Å². The summed E-state index contributed by atoms with van der Waals surface area (Å²) >= 11 is 0. The number of hydrogen-bond acceptors (Lipinski definition) is 2. The summed E-state index contributed by atoms with van der Waals surface area (Å²) < 4.78 is 5.31. The molecule has 1 saturated heterocycles. The van der Waals surface area contributed by atoms with E-state index in [1.807, 2.05) is 6.07 Å². The molecular formula is C11H15NO. The van der Waals surface area contributed by atoms with Crippen LogP contribution < -0.4 is 5.32 Å².